The van der Waals surface area contributed by atoms with Crippen molar-refractivity contribution in [2.45, 2.75) is 37.7 Å². The van der Waals surface area contributed by atoms with Crippen LogP contribution in [0, 0.1) is 0 Å². The first-order chi connectivity index (χ1) is 6.18. The molecule has 0 amide bonds. The molecule has 1 N–H and O–H groups in total. The third kappa shape index (κ3) is 2.25. The highest BCUT2D eigenvalue weighted by Crippen LogP contribution is 2.34. The Balaban J connectivity index is 2.04. The van der Waals surface area contributed by atoms with E-state index in [0.717, 1.165) is 36.4 Å². The molecule has 1 aromatic heterocycles. The van der Waals surface area contributed by atoms with Gasteiger partial charge in [-0.3, -0.25) is 0 Å². The molecule has 0 atom stereocenters. The maximum atomic E-state index is 10.1. The number of hydrogen-bond donors (Lipinski definition) is 1. The fraction of sp³-hybridized carbons (Fsp3) is 0.600. The topological polar surface area (TPSA) is 20.2 Å². The van der Waals surface area contributed by atoms with E-state index in [-0.39, 0.29) is 0 Å². The smallest absolute Gasteiger partial charge is 0.0931 e. The zero-order valence-electron chi connectivity index (χ0n) is 7.42. The molecule has 0 spiro atoms. The Bertz CT molecular complexity index is 289. The van der Waals surface area contributed by atoms with Crippen LogP contribution in [0.25, 0.3) is 0 Å². The first kappa shape index (κ1) is 9.50. The van der Waals surface area contributed by atoms with Crippen molar-refractivity contribution < 1.29 is 5.11 Å². The van der Waals surface area contributed by atoms with E-state index in [1.165, 1.54) is 4.88 Å². The maximum absolute atomic E-state index is 10.1. The monoisotopic (exact) mass is 216 g/mol. The van der Waals surface area contributed by atoms with Crippen LogP contribution >= 0.6 is 22.9 Å². The molecule has 0 aromatic carbocycles. The molecular formula is C10H13ClOS. The van der Waals surface area contributed by atoms with Crippen molar-refractivity contribution >= 4 is 22.9 Å². The normalized spacial score (nSPS) is 20.8. The average molecular weight is 217 g/mol. The van der Waals surface area contributed by atoms with E-state index in [2.05, 4.69) is 0 Å². The molecule has 0 aliphatic heterocycles. The Morgan fingerprint density at radius 2 is 2.08 bits per heavy atom. The minimum absolute atomic E-state index is 0.436. The number of hydrogen-bond acceptors (Lipinski definition) is 2. The van der Waals surface area contributed by atoms with Crippen LogP contribution in [0.4, 0.5) is 0 Å². The van der Waals surface area contributed by atoms with Crippen molar-refractivity contribution in [3.05, 3.63) is 21.3 Å². The van der Waals surface area contributed by atoms with Crippen LogP contribution in [0.15, 0.2) is 12.1 Å². The van der Waals surface area contributed by atoms with Gasteiger partial charge in [0.15, 0.2) is 0 Å². The predicted octanol–water partition coefficient (Wildman–Crippen LogP) is 3.25. The zero-order chi connectivity index (χ0) is 9.31. The molecule has 2 rings (SSSR count). The second kappa shape index (κ2) is 3.60. The number of thiophene rings is 1. The lowest BCUT2D eigenvalue weighted by Crippen LogP contribution is -2.26. The first-order valence-corrected chi connectivity index (χ1v) is 5.84. The molecule has 0 bridgehead atoms. The summed E-state index contributed by atoms with van der Waals surface area (Å²) < 4.78 is 0.816. The highest BCUT2D eigenvalue weighted by molar-refractivity contribution is 7.16. The Hall–Kier alpha value is -0.0500. The number of rotatable bonds is 2. The van der Waals surface area contributed by atoms with Crippen LogP contribution in [-0.2, 0) is 6.42 Å². The molecule has 1 aliphatic rings. The summed E-state index contributed by atoms with van der Waals surface area (Å²) in [4.78, 5) is 1.20. The first-order valence-electron chi connectivity index (χ1n) is 4.65. The van der Waals surface area contributed by atoms with Gasteiger partial charge in [0, 0.05) is 11.3 Å². The molecule has 1 saturated carbocycles. The van der Waals surface area contributed by atoms with E-state index in [0.29, 0.717) is 0 Å². The van der Waals surface area contributed by atoms with E-state index in [1.807, 2.05) is 12.1 Å². The largest absolute Gasteiger partial charge is 0.390 e. The molecule has 1 fully saturated rings. The van der Waals surface area contributed by atoms with Gasteiger partial charge < -0.3 is 5.11 Å². The molecule has 1 nitrogen and oxygen atoms in total. The summed E-state index contributed by atoms with van der Waals surface area (Å²) in [7, 11) is 0. The SMILES string of the molecule is OC1(Cc2ccc(Cl)s2)CCCC1. The third-order valence-corrected chi connectivity index (χ3v) is 3.90. The summed E-state index contributed by atoms with van der Waals surface area (Å²) >= 11 is 7.41. The highest BCUT2D eigenvalue weighted by atomic mass is 35.5. The van der Waals surface area contributed by atoms with E-state index >= 15 is 0 Å². The Morgan fingerprint density at radius 3 is 2.62 bits per heavy atom. The fourth-order valence-electron chi connectivity index (χ4n) is 1.98. The van der Waals surface area contributed by atoms with Crippen LogP contribution in [0.2, 0.25) is 4.34 Å². The van der Waals surface area contributed by atoms with Gasteiger partial charge in [-0.15, -0.1) is 11.3 Å². The van der Waals surface area contributed by atoms with Crippen LogP contribution in [-0.4, -0.2) is 10.7 Å². The zero-order valence-corrected chi connectivity index (χ0v) is 9.00. The van der Waals surface area contributed by atoms with E-state index in [1.54, 1.807) is 11.3 Å². The van der Waals surface area contributed by atoms with Gasteiger partial charge in [0.25, 0.3) is 0 Å². The number of aliphatic hydroxyl groups is 1. The summed E-state index contributed by atoms with van der Waals surface area (Å²) in [5.74, 6) is 0. The maximum Gasteiger partial charge on any atom is 0.0931 e. The summed E-state index contributed by atoms with van der Waals surface area (Å²) in [5.41, 5.74) is -0.436. The van der Waals surface area contributed by atoms with Crippen LogP contribution in [0.1, 0.15) is 30.6 Å². The molecule has 1 aromatic rings. The molecule has 13 heavy (non-hydrogen) atoms. The van der Waals surface area contributed by atoms with E-state index in [4.69, 9.17) is 11.6 Å². The second-order valence-electron chi connectivity index (χ2n) is 3.81. The van der Waals surface area contributed by atoms with Gasteiger partial charge in [0.2, 0.25) is 0 Å². The van der Waals surface area contributed by atoms with Gasteiger partial charge in [0.05, 0.1) is 9.94 Å². The van der Waals surface area contributed by atoms with E-state index in [9.17, 15) is 5.11 Å². The van der Waals surface area contributed by atoms with Crippen LogP contribution < -0.4 is 0 Å². The Morgan fingerprint density at radius 1 is 1.38 bits per heavy atom. The van der Waals surface area contributed by atoms with Crippen LogP contribution in [0.5, 0.6) is 0 Å². The second-order valence-corrected chi connectivity index (χ2v) is 5.61. The molecule has 0 unspecified atom stereocenters. The van der Waals surface area contributed by atoms with Crippen LogP contribution in [0.3, 0.4) is 0 Å². The molecule has 0 radical (unpaired) electrons. The standard InChI is InChI=1S/C10H13ClOS/c11-9-4-3-8(13-9)7-10(12)5-1-2-6-10/h3-4,12H,1-2,5-7H2. The van der Waals surface area contributed by atoms with Gasteiger partial charge in [-0.1, -0.05) is 24.4 Å². The van der Waals surface area contributed by atoms with Crippen molar-refractivity contribution in [3.8, 4) is 0 Å². The van der Waals surface area contributed by atoms with Gasteiger partial charge in [-0.25, -0.2) is 0 Å². The third-order valence-electron chi connectivity index (χ3n) is 2.67. The molecule has 1 heterocycles. The number of halogens is 1. The van der Waals surface area contributed by atoms with Gasteiger partial charge in [-0.2, -0.15) is 0 Å². The van der Waals surface area contributed by atoms with Gasteiger partial charge in [0.1, 0.15) is 0 Å². The molecule has 1 aliphatic carbocycles. The molecule has 3 heteroatoms. The van der Waals surface area contributed by atoms with Gasteiger partial charge in [-0.05, 0) is 25.0 Å². The molecular weight excluding hydrogens is 204 g/mol. The predicted molar refractivity (Wildman–Crippen MR) is 56.5 cm³/mol. The Labute approximate surface area is 87.4 Å². The van der Waals surface area contributed by atoms with Crippen molar-refractivity contribution in [1.29, 1.82) is 0 Å². The lowest BCUT2D eigenvalue weighted by Gasteiger charge is -2.20. The summed E-state index contributed by atoms with van der Waals surface area (Å²) in [6, 6.07) is 3.92. The summed E-state index contributed by atoms with van der Waals surface area (Å²) in [6.45, 7) is 0. The quantitative estimate of drug-likeness (QED) is 0.805. The average Bonchev–Trinajstić information content (AvgIpc) is 2.62. The fourth-order valence-corrected chi connectivity index (χ4v) is 3.20. The Kier molecular flexibility index (Phi) is 2.63. The van der Waals surface area contributed by atoms with Crippen molar-refractivity contribution in [1.82, 2.24) is 0 Å². The van der Waals surface area contributed by atoms with E-state index < -0.39 is 5.60 Å². The van der Waals surface area contributed by atoms with Crippen molar-refractivity contribution in [2.75, 3.05) is 0 Å². The highest BCUT2D eigenvalue weighted by Gasteiger charge is 2.31. The van der Waals surface area contributed by atoms with Crippen molar-refractivity contribution in [2.24, 2.45) is 0 Å². The summed E-state index contributed by atoms with van der Waals surface area (Å²) in [5, 5.41) is 10.1. The van der Waals surface area contributed by atoms with Crippen molar-refractivity contribution in [3.63, 3.8) is 0 Å². The van der Waals surface area contributed by atoms with Gasteiger partial charge >= 0.3 is 0 Å². The minimum Gasteiger partial charge on any atom is -0.390 e. The molecule has 72 valence electrons. The minimum atomic E-state index is -0.436. The lowest BCUT2D eigenvalue weighted by molar-refractivity contribution is 0.0490. The lowest BCUT2D eigenvalue weighted by atomic mass is 9.97. The summed E-state index contributed by atoms with van der Waals surface area (Å²) in [6.07, 6.45) is 5.00. The molecule has 0 saturated heterocycles.